The molecule has 0 amide bonds. The largest absolute Gasteiger partial charge is 0.492 e. The Kier molecular flexibility index (Phi) is 11.0. The second-order valence-corrected chi connectivity index (χ2v) is 11.3. The second kappa shape index (κ2) is 14.2. The van der Waals surface area contributed by atoms with Crippen molar-refractivity contribution in [2.24, 2.45) is 0 Å². The fraction of sp³-hybridized carbons (Fsp3) is 0.321. The average Bonchev–Trinajstić information content (AvgIpc) is 2.87. The monoisotopic (exact) mass is 560 g/mol. The normalized spacial score (nSPS) is 11.5. The van der Waals surface area contributed by atoms with Crippen LogP contribution in [0.2, 0.25) is 5.02 Å². The molecule has 3 rings (SSSR count). The lowest BCUT2D eigenvalue weighted by molar-refractivity contribution is -0.136. The molecular weight excluding hydrogens is 528 g/mol. The number of ether oxygens (including phenoxy) is 2. The van der Waals surface area contributed by atoms with Crippen LogP contribution in [-0.4, -0.2) is 58.2 Å². The van der Waals surface area contributed by atoms with Gasteiger partial charge in [0.15, 0.2) is 0 Å². The van der Waals surface area contributed by atoms with E-state index in [1.807, 2.05) is 61.5 Å². The maximum absolute atomic E-state index is 12.6. The molecular formula is C28H33ClN2O6S. The van der Waals surface area contributed by atoms with E-state index in [2.05, 4.69) is 4.72 Å². The van der Waals surface area contributed by atoms with Crippen LogP contribution in [0.15, 0.2) is 71.6 Å². The summed E-state index contributed by atoms with van der Waals surface area (Å²) in [5.74, 6) is 0.563. The zero-order chi connectivity index (χ0) is 27.5. The third kappa shape index (κ3) is 9.98. The first-order chi connectivity index (χ1) is 18.1. The van der Waals surface area contributed by atoms with Crippen molar-refractivity contribution < 1.29 is 27.8 Å². The number of carbonyl (C=O) groups is 1. The van der Waals surface area contributed by atoms with Crippen LogP contribution < -0.4 is 14.2 Å². The zero-order valence-corrected chi connectivity index (χ0v) is 23.1. The Bertz CT molecular complexity index is 1300. The molecule has 0 bridgehead atoms. The minimum atomic E-state index is -3.67. The van der Waals surface area contributed by atoms with Crippen molar-refractivity contribution in [3.63, 3.8) is 0 Å². The van der Waals surface area contributed by atoms with E-state index in [-0.39, 0.29) is 24.5 Å². The minimum Gasteiger partial charge on any atom is -0.492 e. The van der Waals surface area contributed by atoms with Gasteiger partial charge in [-0.15, -0.1) is 0 Å². The van der Waals surface area contributed by atoms with Crippen LogP contribution in [0.3, 0.4) is 0 Å². The predicted octanol–water partition coefficient (Wildman–Crippen LogP) is 4.40. The van der Waals surface area contributed by atoms with E-state index < -0.39 is 16.0 Å². The molecule has 0 saturated heterocycles. The quantitative estimate of drug-likeness (QED) is 0.284. The third-order valence-electron chi connectivity index (χ3n) is 5.61. The summed E-state index contributed by atoms with van der Waals surface area (Å²) in [7, 11) is 0.304. The van der Waals surface area contributed by atoms with E-state index in [0.717, 1.165) is 29.0 Å². The number of carboxylic acids is 1. The number of hydrogen-bond acceptors (Lipinski definition) is 6. The molecule has 0 unspecified atom stereocenters. The number of hydrogen-bond donors (Lipinski definition) is 2. The van der Waals surface area contributed by atoms with Crippen molar-refractivity contribution >= 4 is 27.6 Å². The molecule has 0 fully saturated rings. The number of nitrogens with one attached hydrogen (secondary N) is 1. The minimum absolute atomic E-state index is 0.00221. The highest BCUT2D eigenvalue weighted by molar-refractivity contribution is 7.89. The van der Waals surface area contributed by atoms with Gasteiger partial charge in [-0.3, -0.25) is 4.79 Å². The van der Waals surface area contributed by atoms with Crippen molar-refractivity contribution in [1.29, 1.82) is 0 Å². The van der Waals surface area contributed by atoms with Crippen LogP contribution in [-0.2, 0) is 34.3 Å². The number of aliphatic carboxylic acids is 1. The van der Waals surface area contributed by atoms with E-state index in [9.17, 15) is 13.2 Å². The Balaban J connectivity index is 1.63. The van der Waals surface area contributed by atoms with Crippen molar-refractivity contribution in [2.45, 2.75) is 30.8 Å². The topological polar surface area (TPSA) is 105 Å². The van der Waals surface area contributed by atoms with Crippen molar-refractivity contribution in [2.75, 3.05) is 33.8 Å². The van der Waals surface area contributed by atoms with Crippen LogP contribution in [0.4, 0.5) is 0 Å². The molecule has 204 valence electrons. The van der Waals surface area contributed by atoms with Gasteiger partial charge in [0, 0.05) is 24.5 Å². The first-order valence-corrected chi connectivity index (χ1v) is 14.1. The summed E-state index contributed by atoms with van der Waals surface area (Å²) in [6.45, 7) is 1.88. The molecule has 0 radical (unpaired) electrons. The Morgan fingerprint density at radius 3 is 2.08 bits per heavy atom. The molecule has 0 aliphatic carbocycles. The van der Waals surface area contributed by atoms with Crippen molar-refractivity contribution in [3.05, 3.63) is 88.4 Å². The van der Waals surface area contributed by atoms with Crippen LogP contribution in [0, 0.1) is 0 Å². The number of rotatable bonds is 15. The molecule has 0 saturated carbocycles. The highest BCUT2D eigenvalue weighted by Crippen LogP contribution is 2.20. The molecule has 0 aliphatic heterocycles. The molecule has 0 atom stereocenters. The number of halogens is 1. The number of likely N-dealkylation sites (N-methyl/N-ethyl adjacent to an activating group) is 1. The van der Waals surface area contributed by atoms with E-state index >= 15 is 0 Å². The lowest BCUT2D eigenvalue weighted by Gasteiger charge is -2.13. The van der Waals surface area contributed by atoms with Crippen LogP contribution >= 0.6 is 11.6 Å². The fourth-order valence-electron chi connectivity index (χ4n) is 3.63. The molecule has 3 aromatic carbocycles. The Morgan fingerprint density at radius 2 is 1.47 bits per heavy atom. The smallest absolute Gasteiger partial charge is 0.303 e. The number of carboxylic acid groups (broad SMARTS) is 1. The first kappa shape index (κ1) is 29.4. The highest BCUT2D eigenvalue weighted by atomic mass is 35.5. The first-order valence-electron chi connectivity index (χ1n) is 12.2. The molecule has 0 aliphatic rings. The van der Waals surface area contributed by atoms with Gasteiger partial charge >= 0.3 is 5.97 Å². The van der Waals surface area contributed by atoms with E-state index in [0.29, 0.717) is 30.2 Å². The lowest BCUT2D eigenvalue weighted by Crippen LogP contribution is -2.26. The maximum atomic E-state index is 12.6. The van der Waals surface area contributed by atoms with Gasteiger partial charge in [0.1, 0.15) is 24.7 Å². The van der Waals surface area contributed by atoms with Gasteiger partial charge in [-0.2, -0.15) is 0 Å². The van der Waals surface area contributed by atoms with Gasteiger partial charge in [0.2, 0.25) is 10.0 Å². The molecule has 10 heteroatoms. The Labute approximate surface area is 229 Å². The maximum Gasteiger partial charge on any atom is 0.303 e. The number of sulfonamides is 1. The van der Waals surface area contributed by atoms with Crippen molar-refractivity contribution in [3.8, 4) is 11.5 Å². The molecule has 0 spiro atoms. The Hall–Kier alpha value is -3.11. The van der Waals surface area contributed by atoms with E-state index in [4.69, 9.17) is 26.2 Å². The van der Waals surface area contributed by atoms with Crippen LogP contribution in [0.25, 0.3) is 0 Å². The van der Waals surface area contributed by atoms with E-state index in [1.165, 1.54) is 24.3 Å². The summed E-state index contributed by atoms with van der Waals surface area (Å²) < 4.78 is 39.4. The fourth-order valence-corrected chi connectivity index (χ4v) is 4.79. The summed E-state index contributed by atoms with van der Waals surface area (Å²) in [5, 5.41) is 9.56. The second-order valence-electron chi connectivity index (χ2n) is 9.07. The molecule has 8 nitrogen and oxygen atoms in total. The highest BCUT2D eigenvalue weighted by Gasteiger charge is 2.13. The summed E-state index contributed by atoms with van der Waals surface area (Å²) >= 11 is 5.85. The molecule has 38 heavy (non-hydrogen) atoms. The molecule has 3 aromatic rings. The third-order valence-corrected chi connectivity index (χ3v) is 7.33. The Morgan fingerprint density at radius 1 is 0.895 bits per heavy atom. The average molecular weight is 561 g/mol. The number of nitrogens with zero attached hydrogens (tertiary/aromatic N) is 1. The van der Waals surface area contributed by atoms with Crippen LogP contribution in [0.5, 0.6) is 11.5 Å². The van der Waals surface area contributed by atoms with Gasteiger partial charge in [-0.05, 0) is 92.2 Å². The van der Waals surface area contributed by atoms with Gasteiger partial charge in [0.25, 0.3) is 0 Å². The van der Waals surface area contributed by atoms with Gasteiger partial charge in [-0.25, -0.2) is 13.1 Å². The molecule has 0 heterocycles. The SMILES string of the molecule is CN(C)CCOc1ccc(OCc2cc(CCNS(=O)(=O)c3ccc(Cl)cc3)cc(CCC(=O)O)c2)cc1. The van der Waals surface area contributed by atoms with Gasteiger partial charge in [-0.1, -0.05) is 29.8 Å². The van der Waals surface area contributed by atoms with E-state index in [1.54, 1.807) is 0 Å². The predicted molar refractivity (Wildman–Crippen MR) is 148 cm³/mol. The summed E-state index contributed by atoms with van der Waals surface area (Å²) in [6, 6.07) is 19.1. The van der Waals surface area contributed by atoms with Gasteiger partial charge in [0.05, 0.1) is 4.90 Å². The van der Waals surface area contributed by atoms with Gasteiger partial charge < -0.3 is 19.5 Å². The lowest BCUT2D eigenvalue weighted by atomic mass is 10.0. The molecule has 0 aromatic heterocycles. The van der Waals surface area contributed by atoms with Crippen LogP contribution in [0.1, 0.15) is 23.1 Å². The number of benzene rings is 3. The summed E-state index contributed by atoms with van der Waals surface area (Å²) in [4.78, 5) is 13.3. The summed E-state index contributed by atoms with van der Waals surface area (Å²) in [6.07, 6.45) is 0.799. The number of aryl methyl sites for hydroxylation is 1. The molecule has 2 N–H and O–H groups in total. The standard InChI is InChI=1S/C28H33ClN2O6S/c1-31(2)15-16-36-25-6-8-26(9-7-25)37-20-23-18-21(3-12-28(32)33)17-22(19-23)13-14-30-38(34,35)27-10-4-24(29)5-11-27/h4-11,17-19,30H,3,12-16,20H2,1-2H3,(H,32,33). The zero-order valence-electron chi connectivity index (χ0n) is 21.5. The summed E-state index contributed by atoms with van der Waals surface area (Å²) in [5.41, 5.74) is 2.61. The van der Waals surface area contributed by atoms with Crippen molar-refractivity contribution in [1.82, 2.24) is 9.62 Å².